The first-order valence-corrected chi connectivity index (χ1v) is 6.43. The lowest BCUT2D eigenvalue weighted by Gasteiger charge is -2.25. The minimum Gasteiger partial charge on any atom is -0.393 e. The van der Waals surface area contributed by atoms with Gasteiger partial charge in [-0.2, -0.15) is 0 Å². The minimum atomic E-state index is -0.219. The van der Waals surface area contributed by atoms with E-state index >= 15 is 0 Å². The molecule has 0 aliphatic rings. The van der Waals surface area contributed by atoms with E-state index in [-0.39, 0.29) is 11.5 Å². The van der Waals surface area contributed by atoms with Crippen LogP contribution >= 0.6 is 27.3 Å². The second kappa shape index (κ2) is 4.77. The molecule has 1 unspecified atom stereocenters. The average molecular weight is 277 g/mol. The number of aryl methyl sites for hydroxylation is 1. The molecule has 14 heavy (non-hydrogen) atoms. The Morgan fingerprint density at radius 2 is 2.07 bits per heavy atom. The standard InChI is InChI=1S/C11H17BrOS/c1-11(2,3)9(13)6-4-8-5-7-10(12)14-8/h5,7,9,13H,4,6H2,1-3H3. The Hall–Kier alpha value is 0.140. The summed E-state index contributed by atoms with van der Waals surface area (Å²) in [6.45, 7) is 6.21. The first-order chi connectivity index (χ1) is 6.39. The van der Waals surface area contributed by atoms with Gasteiger partial charge in [-0.3, -0.25) is 0 Å². The van der Waals surface area contributed by atoms with Crippen LogP contribution in [-0.2, 0) is 6.42 Å². The number of aliphatic hydroxyl groups is 1. The van der Waals surface area contributed by atoms with Gasteiger partial charge >= 0.3 is 0 Å². The molecular formula is C11H17BrOS. The van der Waals surface area contributed by atoms with Crippen LogP contribution in [0.5, 0.6) is 0 Å². The van der Waals surface area contributed by atoms with Crippen molar-refractivity contribution >= 4 is 27.3 Å². The molecule has 0 saturated carbocycles. The van der Waals surface area contributed by atoms with Gasteiger partial charge < -0.3 is 5.11 Å². The molecule has 1 N–H and O–H groups in total. The van der Waals surface area contributed by atoms with Crippen LogP contribution in [0.25, 0.3) is 0 Å². The van der Waals surface area contributed by atoms with Crippen LogP contribution in [-0.4, -0.2) is 11.2 Å². The van der Waals surface area contributed by atoms with E-state index in [2.05, 4.69) is 48.8 Å². The number of rotatable bonds is 3. The largest absolute Gasteiger partial charge is 0.393 e. The lowest BCUT2D eigenvalue weighted by molar-refractivity contribution is 0.0562. The van der Waals surface area contributed by atoms with Gasteiger partial charge in [0.15, 0.2) is 0 Å². The fourth-order valence-corrected chi connectivity index (χ4v) is 2.70. The van der Waals surface area contributed by atoms with Crippen molar-refractivity contribution in [3.63, 3.8) is 0 Å². The zero-order chi connectivity index (χ0) is 10.8. The van der Waals surface area contributed by atoms with Crippen LogP contribution in [0.2, 0.25) is 0 Å². The summed E-state index contributed by atoms with van der Waals surface area (Å²) in [5.74, 6) is 0. The van der Waals surface area contributed by atoms with Crippen molar-refractivity contribution in [2.24, 2.45) is 5.41 Å². The molecule has 1 rings (SSSR count). The van der Waals surface area contributed by atoms with Gasteiger partial charge in [-0.1, -0.05) is 20.8 Å². The summed E-state index contributed by atoms with van der Waals surface area (Å²) in [7, 11) is 0. The Balaban J connectivity index is 2.41. The van der Waals surface area contributed by atoms with E-state index in [1.165, 1.54) is 4.88 Å². The maximum Gasteiger partial charge on any atom is 0.0701 e. The van der Waals surface area contributed by atoms with Crippen LogP contribution in [0.1, 0.15) is 32.1 Å². The summed E-state index contributed by atoms with van der Waals surface area (Å²) in [6.07, 6.45) is 1.59. The zero-order valence-corrected chi connectivity index (χ0v) is 11.3. The Labute approximate surface area is 98.3 Å². The lowest BCUT2D eigenvalue weighted by Crippen LogP contribution is -2.26. The van der Waals surface area contributed by atoms with Gasteiger partial charge in [-0.05, 0) is 46.3 Å². The van der Waals surface area contributed by atoms with Crippen LogP contribution < -0.4 is 0 Å². The fourth-order valence-electron chi connectivity index (χ4n) is 1.20. The molecule has 1 aromatic rings. The highest BCUT2D eigenvalue weighted by molar-refractivity contribution is 9.11. The van der Waals surface area contributed by atoms with E-state index in [1.54, 1.807) is 11.3 Å². The van der Waals surface area contributed by atoms with E-state index in [0.29, 0.717) is 0 Å². The quantitative estimate of drug-likeness (QED) is 0.889. The molecule has 0 aromatic carbocycles. The summed E-state index contributed by atoms with van der Waals surface area (Å²) < 4.78 is 1.16. The molecule has 80 valence electrons. The summed E-state index contributed by atoms with van der Waals surface area (Å²) in [5, 5.41) is 9.85. The molecular weight excluding hydrogens is 260 g/mol. The van der Waals surface area contributed by atoms with Crippen molar-refractivity contribution in [1.82, 2.24) is 0 Å². The summed E-state index contributed by atoms with van der Waals surface area (Å²) >= 11 is 5.18. The number of halogens is 1. The molecule has 1 nitrogen and oxygen atoms in total. The highest BCUT2D eigenvalue weighted by Crippen LogP contribution is 2.26. The van der Waals surface area contributed by atoms with E-state index < -0.39 is 0 Å². The molecule has 1 heterocycles. The van der Waals surface area contributed by atoms with Gasteiger partial charge in [0.1, 0.15) is 0 Å². The molecule has 0 amide bonds. The lowest BCUT2D eigenvalue weighted by atomic mass is 9.86. The maximum absolute atomic E-state index is 9.85. The van der Waals surface area contributed by atoms with Gasteiger partial charge in [-0.15, -0.1) is 11.3 Å². The first-order valence-electron chi connectivity index (χ1n) is 4.82. The summed E-state index contributed by atoms with van der Waals surface area (Å²) in [4.78, 5) is 1.33. The maximum atomic E-state index is 9.85. The van der Waals surface area contributed by atoms with Crippen molar-refractivity contribution in [3.8, 4) is 0 Å². The third-order valence-electron chi connectivity index (χ3n) is 2.29. The highest BCUT2D eigenvalue weighted by atomic mass is 79.9. The minimum absolute atomic E-state index is 0.00546. The second-order valence-corrected chi connectivity index (χ2v) is 7.17. The third kappa shape index (κ3) is 3.71. The van der Waals surface area contributed by atoms with E-state index in [9.17, 15) is 5.11 Å². The van der Waals surface area contributed by atoms with Gasteiger partial charge in [-0.25, -0.2) is 0 Å². The number of hydrogen-bond acceptors (Lipinski definition) is 2. The van der Waals surface area contributed by atoms with Crippen molar-refractivity contribution < 1.29 is 5.11 Å². The van der Waals surface area contributed by atoms with E-state index in [0.717, 1.165) is 16.6 Å². The Kier molecular flexibility index (Phi) is 4.16. The molecule has 0 spiro atoms. The molecule has 0 aliphatic carbocycles. The van der Waals surface area contributed by atoms with Crippen molar-refractivity contribution in [1.29, 1.82) is 0 Å². The third-order valence-corrected chi connectivity index (χ3v) is 3.98. The Morgan fingerprint density at radius 1 is 1.43 bits per heavy atom. The van der Waals surface area contributed by atoms with Crippen molar-refractivity contribution in [2.75, 3.05) is 0 Å². The number of thiophene rings is 1. The highest BCUT2D eigenvalue weighted by Gasteiger charge is 2.21. The predicted octanol–water partition coefficient (Wildman–Crippen LogP) is 3.85. The average Bonchev–Trinajstić information content (AvgIpc) is 2.45. The van der Waals surface area contributed by atoms with E-state index in [1.807, 2.05) is 0 Å². The molecule has 0 aliphatic heterocycles. The molecule has 0 saturated heterocycles. The number of aliphatic hydroxyl groups excluding tert-OH is 1. The Bertz CT molecular complexity index is 288. The normalized spacial score (nSPS) is 14.4. The molecule has 0 radical (unpaired) electrons. The van der Waals surface area contributed by atoms with Crippen LogP contribution in [0.3, 0.4) is 0 Å². The molecule has 0 bridgehead atoms. The van der Waals surface area contributed by atoms with Gasteiger partial charge in [0.2, 0.25) is 0 Å². The molecule has 0 fully saturated rings. The van der Waals surface area contributed by atoms with Crippen LogP contribution in [0.4, 0.5) is 0 Å². The Morgan fingerprint density at radius 3 is 2.50 bits per heavy atom. The molecule has 1 aromatic heterocycles. The SMILES string of the molecule is CC(C)(C)C(O)CCc1ccc(Br)s1. The number of hydrogen-bond donors (Lipinski definition) is 1. The topological polar surface area (TPSA) is 20.2 Å². The van der Waals surface area contributed by atoms with Gasteiger partial charge in [0.05, 0.1) is 9.89 Å². The van der Waals surface area contributed by atoms with E-state index in [4.69, 9.17) is 0 Å². The summed E-state index contributed by atoms with van der Waals surface area (Å²) in [5.41, 5.74) is -0.00546. The van der Waals surface area contributed by atoms with Crippen molar-refractivity contribution in [3.05, 3.63) is 20.8 Å². The zero-order valence-electron chi connectivity index (χ0n) is 8.88. The second-order valence-electron chi connectivity index (χ2n) is 4.63. The smallest absolute Gasteiger partial charge is 0.0701 e. The van der Waals surface area contributed by atoms with Crippen molar-refractivity contribution in [2.45, 2.75) is 39.7 Å². The monoisotopic (exact) mass is 276 g/mol. The van der Waals surface area contributed by atoms with Crippen LogP contribution in [0.15, 0.2) is 15.9 Å². The molecule has 3 heteroatoms. The first kappa shape index (κ1) is 12.2. The predicted molar refractivity (Wildman–Crippen MR) is 65.8 cm³/mol. The van der Waals surface area contributed by atoms with Gasteiger partial charge in [0.25, 0.3) is 0 Å². The van der Waals surface area contributed by atoms with Gasteiger partial charge in [0, 0.05) is 4.88 Å². The fraction of sp³-hybridized carbons (Fsp3) is 0.636. The summed E-state index contributed by atoms with van der Waals surface area (Å²) in [6, 6.07) is 4.17. The van der Waals surface area contributed by atoms with Crippen LogP contribution in [0, 0.1) is 5.41 Å². The molecule has 1 atom stereocenters.